The second-order valence-corrected chi connectivity index (χ2v) is 13.6. The zero-order valence-corrected chi connectivity index (χ0v) is 36.8. The quantitative estimate of drug-likeness (QED) is 0.0298. The van der Waals surface area contributed by atoms with Gasteiger partial charge < -0.3 is 81.0 Å². The minimum absolute atomic E-state index is 0.0132. The molecule has 2 fully saturated rings. The van der Waals surface area contributed by atoms with Crippen molar-refractivity contribution in [3.05, 3.63) is 35.9 Å². The summed E-state index contributed by atoms with van der Waals surface area (Å²) in [6.07, 6.45) is -0.491. The molecule has 1 atom stereocenters. The number of carbonyl (C=O) groups excluding carboxylic acids is 3. The molecule has 0 saturated carbocycles. The first-order chi connectivity index (χ1) is 31.1. The van der Waals surface area contributed by atoms with Gasteiger partial charge in [0.1, 0.15) is 6.61 Å². The van der Waals surface area contributed by atoms with Gasteiger partial charge in [-0.3, -0.25) is 14.4 Å². The summed E-state index contributed by atoms with van der Waals surface area (Å²) in [5.41, 5.74) is 0.820. The molecule has 0 bridgehead atoms. The number of carbonyl (C=O) groups is 3. The molecule has 358 valence electrons. The van der Waals surface area contributed by atoms with E-state index in [1.807, 2.05) is 30.3 Å². The number of amides is 1. The highest BCUT2D eigenvalue weighted by Crippen LogP contribution is 2.19. The van der Waals surface area contributed by atoms with Gasteiger partial charge >= 0.3 is 26.0 Å². The highest BCUT2D eigenvalue weighted by molar-refractivity contribution is 6.73. The second-order valence-electron chi connectivity index (χ2n) is 13.6. The van der Waals surface area contributed by atoms with Crippen LogP contribution in [0.3, 0.4) is 0 Å². The highest BCUT2D eigenvalue weighted by atomic mass is 16.7. The van der Waals surface area contributed by atoms with Crippen LogP contribution in [0.25, 0.3) is 0 Å². The largest absolute Gasteiger partial charge is 0.469 e. The molecule has 1 N–H and O–H groups in total. The Morgan fingerprint density at radius 3 is 1.25 bits per heavy atom. The average molecular weight is 903 g/mol. The van der Waals surface area contributed by atoms with E-state index in [1.165, 1.54) is 7.11 Å². The van der Waals surface area contributed by atoms with Gasteiger partial charge in [-0.1, -0.05) is 30.3 Å². The Labute approximate surface area is 371 Å². The fourth-order valence-corrected chi connectivity index (χ4v) is 5.17. The monoisotopic (exact) mass is 902 g/mol. The maximum absolute atomic E-state index is 12.6. The SMILES string of the molecule is COC(=O)CC(CC(=O)OCc1ccccc1)C(=O)NCCOCCOCCOCCOCCOCCOCCOCCOCCOCCOCCOCCON(B1CO1)B1CO1. The van der Waals surface area contributed by atoms with Crippen LogP contribution in [0.15, 0.2) is 30.3 Å². The summed E-state index contributed by atoms with van der Waals surface area (Å²) in [4.78, 5) is 44.2. The Kier molecular flexibility index (Phi) is 33.2. The normalized spacial score (nSPS) is 13.7. The summed E-state index contributed by atoms with van der Waals surface area (Å²) < 4.78 is 80.8. The van der Waals surface area contributed by atoms with Gasteiger partial charge in [0.05, 0.1) is 191 Å². The van der Waals surface area contributed by atoms with Crippen LogP contribution in [0.4, 0.5) is 0 Å². The lowest BCUT2D eigenvalue weighted by Gasteiger charge is -2.15. The Hall–Kier alpha value is -2.84. The summed E-state index contributed by atoms with van der Waals surface area (Å²) in [6.45, 7) is 11.8. The predicted octanol–water partition coefficient (Wildman–Crippen LogP) is -0.0532. The Morgan fingerprint density at radius 2 is 0.889 bits per heavy atom. The van der Waals surface area contributed by atoms with Gasteiger partial charge in [-0.25, -0.2) is 4.89 Å². The first-order valence-corrected chi connectivity index (χ1v) is 21.6. The number of methoxy groups -OCH3 is 1. The zero-order chi connectivity index (χ0) is 44.7. The van der Waals surface area contributed by atoms with Crippen molar-refractivity contribution in [1.29, 1.82) is 0 Å². The van der Waals surface area contributed by atoms with Gasteiger partial charge in [-0.15, -0.1) is 0 Å². The van der Waals surface area contributed by atoms with Crippen molar-refractivity contribution in [3.8, 4) is 0 Å². The smallest absolute Gasteiger partial charge is 0.422 e. The van der Waals surface area contributed by atoms with E-state index in [2.05, 4.69) is 10.1 Å². The van der Waals surface area contributed by atoms with E-state index < -0.39 is 23.8 Å². The van der Waals surface area contributed by atoms with E-state index in [4.69, 9.17) is 71.0 Å². The average Bonchev–Trinajstić information content (AvgIpc) is 4.25. The minimum atomic E-state index is -0.918. The molecular formula is C40H68B2N2O19. The van der Waals surface area contributed by atoms with Gasteiger partial charge in [0.2, 0.25) is 5.91 Å². The van der Waals surface area contributed by atoms with E-state index >= 15 is 0 Å². The summed E-state index contributed by atoms with van der Waals surface area (Å²) in [7, 11) is 1.25. The molecule has 63 heavy (non-hydrogen) atoms. The molecule has 23 heteroatoms. The van der Waals surface area contributed by atoms with Crippen LogP contribution in [0.2, 0.25) is 0 Å². The van der Waals surface area contributed by atoms with Crippen LogP contribution >= 0.6 is 0 Å². The summed E-state index contributed by atoms with van der Waals surface area (Å²) >= 11 is 0. The molecule has 0 aliphatic carbocycles. The number of nitrogens with zero attached hydrogens (tertiary/aromatic N) is 1. The van der Waals surface area contributed by atoms with Crippen LogP contribution in [0.1, 0.15) is 18.4 Å². The van der Waals surface area contributed by atoms with Gasteiger partial charge in [0.25, 0.3) is 0 Å². The van der Waals surface area contributed by atoms with Crippen LogP contribution in [0.5, 0.6) is 0 Å². The van der Waals surface area contributed by atoms with E-state index in [1.54, 1.807) is 4.89 Å². The standard InChI is InChI=1S/C40H68B2N2O19/c1-48-38(45)31-37(32-39(46)60-33-36-5-3-2-4-6-36)40(47)43-7-8-49-9-10-50-11-12-51-13-14-52-15-16-53-17-18-54-19-20-55-21-22-56-23-24-57-25-26-58-27-28-59-29-30-63-44(41-34-61-41)42-35-62-42/h2-6,37H,7-35H2,1H3,(H,43,47). The topological polar surface area (TPSA) is 221 Å². The molecule has 0 radical (unpaired) electrons. The fraction of sp³-hybridized carbons (Fsp3) is 0.775. The number of hydrogen-bond donors (Lipinski definition) is 1. The number of benzene rings is 1. The highest BCUT2D eigenvalue weighted by Gasteiger charge is 2.51. The van der Waals surface area contributed by atoms with Crippen molar-refractivity contribution in [1.82, 2.24) is 10.2 Å². The van der Waals surface area contributed by atoms with E-state index in [-0.39, 0.29) is 46.7 Å². The van der Waals surface area contributed by atoms with Crippen molar-refractivity contribution < 1.29 is 90.1 Å². The third kappa shape index (κ3) is 31.6. The zero-order valence-electron chi connectivity index (χ0n) is 36.8. The van der Waals surface area contributed by atoms with Crippen LogP contribution in [-0.2, 0) is 96.7 Å². The number of esters is 2. The maximum atomic E-state index is 12.6. The first kappa shape index (κ1) is 54.5. The van der Waals surface area contributed by atoms with Crippen LogP contribution < -0.4 is 5.32 Å². The van der Waals surface area contributed by atoms with E-state index in [0.717, 1.165) is 5.56 Å². The van der Waals surface area contributed by atoms with Gasteiger partial charge in [0, 0.05) is 6.54 Å². The summed E-state index contributed by atoms with van der Waals surface area (Å²) in [5.74, 6) is -2.55. The van der Waals surface area contributed by atoms with Crippen molar-refractivity contribution >= 4 is 31.9 Å². The number of ether oxygens (including phenoxy) is 13. The van der Waals surface area contributed by atoms with Crippen molar-refractivity contribution in [2.24, 2.45) is 5.92 Å². The van der Waals surface area contributed by atoms with Gasteiger partial charge in [-0.2, -0.15) is 0 Å². The lowest BCUT2D eigenvalue weighted by atomic mass is 9.81. The van der Waals surface area contributed by atoms with Crippen molar-refractivity contribution in [2.45, 2.75) is 19.4 Å². The molecule has 0 aromatic heterocycles. The molecule has 1 unspecified atom stereocenters. The molecule has 2 saturated heterocycles. The predicted molar refractivity (Wildman–Crippen MR) is 224 cm³/mol. The molecule has 1 aromatic rings. The lowest BCUT2D eigenvalue weighted by Crippen LogP contribution is -2.37. The van der Waals surface area contributed by atoms with E-state index in [9.17, 15) is 14.4 Å². The van der Waals surface area contributed by atoms with Crippen molar-refractivity contribution in [3.63, 3.8) is 0 Å². The molecule has 2 aliphatic heterocycles. The van der Waals surface area contributed by atoms with Gasteiger partial charge in [0.15, 0.2) is 0 Å². The number of rotatable bonds is 46. The first-order valence-electron chi connectivity index (χ1n) is 21.6. The van der Waals surface area contributed by atoms with Crippen LogP contribution in [0, 0.1) is 5.92 Å². The Balaban J connectivity index is 0.937. The molecule has 2 aliphatic rings. The van der Waals surface area contributed by atoms with Crippen molar-refractivity contribution in [2.75, 3.05) is 179 Å². The third-order valence-electron chi connectivity index (χ3n) is 8.60. The summed E-state index contributed by atoms with van der Waals surface area (Å²) in [6, 6.07) is 9.17. The molecule has 3 rings (SSSR count). The second kappa shape index (κ2) is 38.4. The van der Waals surface area contributed by atoms with Crippen LogP contribution in [-0.4, -0.2) is 215 Å². The van der Waals surface area contributed by atoms with Gasteiger partial charge in [-0.05, 0) is 5.56 Å². The Bertz CT molecular complexity index is 1260. The molecule has 0 spiro atoms. The number of nitrogens with one attached hydrogen (secondary N) is 1. The lowest BCUT2D eigenvalue weighted by molar-refractivity contribution is -0.150. The molecule has 2 heterocycles. The molecule has 1 amide bonds. The fourth-order valence-electron chi connectivity index (χ4n) is 5.17. The summed E-state index contributed by atoms with van der Waals surface area (Å²) in [5, 5.41) is 2.69. The minimum Gasteiger partial charge on any atom is -0.469 e. The third-order valence-corrected chi connectivity index (χ3v) is 8.60. The van der Waals surface area contributed by atoms with E-state index in [0.29, 0.717) is 158 Å². The molecule has 1 aromatic carbocycles. The molecule has 21 nitrogen and oxygen atoms in total. The molecular weight excluding hydrogens is 834 g/mol. The maximum Gasteiger partial charge on any atom is 0.422 e. The number of hydrogen-bond acceptors (Lipinski definition) is 20. The Morgan fingerprint density at radius 1 is 0.540 bits per heavy atom.